The highest BCUT2D eigenvalue weighted by Crippen LogP contribution is 2.33. The fourth-order valence-corrected chi connectivity index (χ4v) is 2.93. The van der Waals surface area contributed by atoms with Crippen molar-refractivity contribution in [2.75, 3.05) is 20.8 Å². The van der Waals surface area contributed by atoms with E-state index in [1.807, 2.05) is 25.1 Å². The summed E-state index contributed by atoms with van der Waals surface area (Å²) in [6.45, 7) is 5.06. The Kier molecular flexibility index (Phi) is 5.52. The lowest BCUT2D eigenvalue weighted by Crippen LogP contribution is -2.23. The molecule has 1 aromatic carbocycles. The van der Waals surface area contributed by atoms with Crippen molar-refractivity contribution in [1.29, 1.82) is 0 Å². The Labute approximate surface area is 129 Å². The van der Waals surface area contributed by atoms with E-state index in [0.29, 0.717) is 0 Å². The Hall–Kier alpha value is -1.66. The van der Waals surface area contributed by atoms with Gasteiger partial charge in [-0.25, -0.2) is 0 Å². The normalized spacial score (nSPS) is 12.2. The summed E-state index contributed by atoms with van der Waals surface area (Å²) in [6.07, 6.45) is 1.06. The predicted molar refractivity (Wildman–Crippen MR) is 84.3 cm³/mol. The van der Waals surface area contributed by atoms with Gasteiger partial charge in [-0.15, -0.1) is 5.10 Å². The topological polar surface area (TPSA) is 56.3 Å². The number of hydrogen-bond acceptors (Lipinski definition) is 6. The third-order valence-corrected chi connectivity index (χ3v) is 4.18. The van der Waals surface area contributed by atoms with Crippen LogP contribution in [-0.2, 0) is 0 Å². The van der Waals surface area contributed by atoms with Crippen molar-refractivity contribution < 1.29 is 9.47 Å². The van der Waals surface area contributed by atoms with Crippen LogP contribution >= 0.6 is 11.5 Å². The smallest absolute Gasteiger partial charge is 0.161 e. The van der Waals surface area contributed by atoms with Gasteiger partial charge in [0.15, 0.2) is 11.5 Å². The van der Waals surface area contributed by atoms with Crippen LogP contribution < -0.4 is 14.8 Å². The molecular formula is C15H21N3O2S. The minimum Gasteiger partial charge on any atom is -0.493 e. The first-order valence-corrected chi connectivity index (χ1v) is 7.72. The third kappa shape index (κ3) is 3.51. The summed E-state index contributed by atoms with van der Waals surface area (Å²) >= 11 is 1.43. The summed E-state index contributed by atoms with van der Waals surface area (Å²) in [7, 11) is 3.29. The molecule has 0 aliphatic carbocycles. The van der Waals surface area contributed by atoms with Gasteiger partial charge in [0.1, 0.15) is 0 Å². The van der Waals surface area contributed by atoms with Gasteiger partial charge >= 0.3 is 0 Å². The van der Waals surface area contributed by atoms with Crippen LogP contribution in [0.25, 0.3) is 0 Å². The molecule has 1 unspecified atom stereocenters. The Morgan fingerprint density at radius 1 is 1.24 bits per heavy atom. The van der Waals surface area contributed by atoms with Gasteiger partial charge in [0.05, 0.1) is 30.8 Å². The van der Waals surface area contributed by atoms with Crippen molar-refractivity contribution in [2.45, 2.75) is 26.3 Å². The van der Waals surface area contributed by atoms with E-state index in [4.69, 9.17) is 9.47 Å². The van der Waals surface area contributed by atoms with Crippen molar-refractivity contribution in [3.63, 3.8) is 0 Å². The Balaban J connectivity index is 2.39. The van der Waals surface area contributed by atoms with Gasteiger partial charge < -0.3 is 14.8 Å². The average molecular weight is 307 g/mol. The largest absolute Gasteiger partial charge is 0.493 e. The summed E-state index contributed by atoms with van der Waals surface area (Å²) < 4.78 is 14.7. The lowest BCUT2D eigenvalue weighted by molar-refractivity contribution is 0.354. The van der Waals surface area contributed by atoms with E-state index >= 15 is 0 Å². The van der Waals surface area contributed by atoms with E-state index in [9.17, 15) is 0 Å². The van der Waals surface area contributed by atoms with E-state index in [2.05, 4.69) is 21.8 Å². The maximum Gasteiger partial charge on any atom is 0.161 e. The molecule has 114 valence electrons. The minimum absolute atomic E-state index is 0.0738. The molecule has 0 aliphatic rings. The molecule has 5 nitrogen and oxygen atoms in total. The maximum absolute atomic E-state index is 5.40. The second-order valence-corrected chi connectivity index (χ2v) is 5.51. The van der Waals surface area contributed by atoms with E-state index in [-0.39, 0.29) is 6.04 Å². The second-order valence-electron chi connectivity index (χ2n) is 4.72. The van der Waals surface area contributed by atoms with Crippen LogP contribution in [0.4, 0.5) is 0 Å². The summed E-state index contributed by atoms with van der Waals surface area (Å²) in [4.78, 5) is 1.13. The van der Waals surface area contributed by atoms with Crippen molar-refractivity contribution in [2.24, 2.45) is 0 Å². The highest BCUT2D eigenvalue weighted by Gasteiger charge is 2.20. The second kappa shape index (κ2) is 7.38. The van der Waals surface area contributed by atoms with Crippen molar-refractivity contribution in [1.82, 2.24) is 14.9 Å². The molecule has 0 spiro atoms. The summed E-state index contributed by atoms with van der Waals surface area (Å²) in [6, 6.07) is 6.06. The molecular weight excluding hydrogens is 286 g/mol. The van der Waals surface area contributed by atoms with Crippen LogP contribution in [0.2, 0.25) is 0 Å². The van der Waals surface area contributed by atoms with Gasteiger partial charge in [0.25, 0.3) is 0 Å². The van der Waals surface area contributed by atoms with Gasteiger partial charge in [-0.05, 0) is 49.1 Å². The van der Waals surface area contributed by atoms with E-state index in [1.54, 1.807) is 14.2 Å². The molecule has 1 aromatic heterocycles. The molecule has 1 heterocycles. The quantitative estimate of drug-likeness (QED) is 0.852. The fraction of sp³-hybridized carbons (Fsp3) is 0.467. The summed E-state index contributed by atoms with van der Waals surface area (Å²) in [5.74, 6) is 1.46. The number of hydrogen-bond donors (Lipinski definition) is 1. The first-order valence-electron chi connectivity index (χ1n) is 6.95. The predicted octanol–water partition coefficient (Wildman–Crippen LogP) is 2.95. The minimum atomic E-state index is 0.0738. The van der Waals surface area contributed by atoms with Crippen LogP contribution in [0.15, 0.2) is 18.2 Å². The first-order chi connectivity index (χ1) is 10.2. The van der Waals surface area contributed by atoms with Crippen LogP contribution in [-0.4, -0.2) is 30.4 Å². The van der Waals surface area contributed by atoms with E-state index < -0.39 is 0 Å². The van der Waals surface area contributed by atoms with E-state index in [0.717, 1.165) is 40.6 Å². The van der Waals surface area contributed by atoms with Gasteiger partial charge in [-0.1, -0.05) is 17.5 Å². The first kappa shape index (κ1) is 15.7. The molecule has 2 aromatic rings. The fourth-order valence-electron chi connectivity index (χ4n) is 2.19. The molecule has 0 radical (unpaired) electrons. The molecule has 0 saturated carbocycles. The van der Waals surface area contributed by atoms with Crippen LogP contribution in [0.1, 0.15) is 35.5 Å². The van der Waals surface area contributed by atoms with Gasteiger partial charge in [-0.2, -0.15) is 0 Å². The molecule has 21 heavy (non-hydrogen) atoms. The molecule has 0 saturated heterocycles. The third-order valence-electron chi connectivity index (χ3n) is 3.29. The molecule has 2 rings (SSSR count). The van der Waals surface area contributed by atoms with Gasteiger partial charge in [0.2, 0.25) is 0 Å². The number of nitrogens with one attached hydrogen (secondary N) is 1. The van der Waals surface area contributed by atoms with Crippen molar-refractivity contribution in [3.8, 4) is 11.5 Å². The Morgan fingerprint density at radius 3 is 2.57 bits per heavy atom. The summed E-state index contributed by atoms with van der Waals surface area (Å²) in [5.41, 5.74) is 2.08. The number of methoxy groups -OCH3 is 2. The maximum atomic E-state index is 5.40. The zero-order chi connectivity index (χ0) is 15.2. The lowest BCUT2D eigenvalue weighted by atomic mass is 10.0. The molecule has 0 fully saturated rings. The van der Waals surface area contributed by atoms with E-state index in [1.165, 1.54) is 11.5 Å². The monoisotopic (exact) mass is 307 g/mol. The van der Waals surface area contributed by atoms with Gasteiger partial charge in [-0.3, -0.25) is 0 Å². The molecule has 0 aliphatic heterocycles. The zero-order valence-corrected chi connectivity index (χ0v) is 13.7. The molecule has 1 N–H and O–H groups in total. The Morgan fingerprint density at radius 2 is 2.00 bits per heavy atom. The number of aromatic nitrogens is 2. The molecule has 0 amide bonds. The number of benzene rings is 1. The van der Waals surface area contributed by atoms with Crippen LogP contribution in [0.3, 0.4) is 0 Å². The summed E-state index contributed by atoms with van der Waals surface area (Å²) in [5, 5.41) is 7.67. The SMILES string of the molecule is CCCNC(c1ccc(OC)c(OC)c1)c1snnc1C. The molecule has 0 bridgehead atoms. The number of aryl methyl sites for hydroxylation is 1. The average Bonchev–Trinajstić information content (AvgIpc) is 2.93. The zero-order valence-electron chi connectivity index (χ0n) is 12.8. The van der Waals surface area contributed by atoms with Crippen LogP contribution in [0, 0.1) is 6.92 Å². The Bertz CT molecular complexity index is 586. The molecule has 1 atom stereocenters. The van der Waals surface area contributed by atoms with Crippen LogP contribution in [0.5, 0.6) is 11.5 Å². The van der Waals surface area contributed by atoms with Crippen molar-refractivity contribution >= 4 is 11.5 Å². The highest BCUT2D eigenvalue weighted by molar-refractivity contribution is 7.05. The number of rotatable bonds is 7. The van der Waals surface area contributed by atoms with Gasteiger partial charge in [0, 0.05) is 0 Å². The highest BCUT2D eigenvalue weighted by atomic mass is 32.1. The number of nitrogens with zero attached hydrogens (tertiary/aromatic N) is 2. The lowest BCUT2D eigenvalue weighted by Gasteiger charge is -2.19. The molecule has 6 heteroatoms. The number of ether oxygens (including phenoxy) is 2. The standard InChI is InChI=1S/C15H21N3O2S/c1-5-8-16-14(15-10(2)17-18-21-15)11-6-7-12(19-3)13(9-11)20-4/h6-7,9,14,16H,5,8H2,1-4H3. The van der Waals surface area contributed by atoms with Crippen molar-refractivity contribution in [3.05, 3.63) is 34.3 Å².